The second-order valence-electron chi connectivity index (χ2n) is 4.99. The van der Waals surface area contributed by atoms with E-state index >= 15 is 0 Å². The molecule has 26 heavy (non-hydrogen) atoms. The number of aromatic nitrogens is 1. The number of pyridine rings is 1. The molecule has 8 heteroatoms. The van der Waals surface area contributed by atoms with Gasteiger partial charge in [-0.2, -0.15) is 0 Å². The Bertz CT molecular complexity index is 639. The molecule has 0 atom stereocenters. The van der Waals surface area contributed by atoms with Gasteiger partial charge in [-0.15, -0.1) is 24.0 Å². The standard InChI is InChI=1S/C18H24N4O3.HI/c1-19-18(22-11-13-25-17-4-3-9-20-14-17)21-10-12-24-16-7-5-15(23-2)6-8-16;/h3-9,14H,10-13H2,1-2H3,(H2,19,21,22);1H. The molecule has 0 aliphatic carbocycles. The molecule has 142 valence electrons. The summed E-state index contributed by atoms with van der Waals surface area (Å²) < 4.78 is 16.3. The van der Waals surface area contributed by atoms with Crippen LogP contribution >= 0.6 is 24.0 Å². The highest BCUT2D eigenvalue weighted by molar-refractivity contribution is 14.0. The molecule has 1 heterocycles. The van der Waals surface area contributed by atoms with Crippen LogP contribution in [-0.4, -0.2) is 51.4 Å². The first-order valence-corrected chi connectivity index (χ1v) is 8.06. The number of nitrogens with zero attached hydrogens (tertiary/aromatic N) is 2. The minimum atomic E-state index is 0. The van der Waals surface area contributed by atoms with Gasteiger partial charge in [0.2, 0.25) is 0 Å². The van der Waals surface area contributed by atoms with Gasteiger partial charge in [-0.05, 0) is 36.4 Å². The van der Waals surface area contributed by atoms with Crippen LogP contribution in [0, 0.1) is 0 Å². The van der Waals surface area contributed by atoms with Crippen LogP contribution in [0.3, 0.4) is 0 Å². The maximum Gasteiger partial charge on any atom is 0.191 e. The summed E-state index contributed by atoms with van der Waals surface area (Å²) in [5, 5.41) is 6.36. The lowest BCUT2D eigenvalue weighted by Gasteiger charge is -2.13. The Morgan fingerprint density at radius 1 is 0.962 bits per heavy atom. The molecule has 0 fully saturated rings. The van der Waals surface area contributed by atoms with Crippen LogP contribution in [0.5, 0.6) is 17.2 Å². The molecule has 1 aromatic carbocycles. The second-order valence-corrected chi connectivity index (χ2v) is 4.99. The van der Waals surface area contributed by atoms with Crippen molar-refractivity contribution in [2.75, 3.05) is 40.5 Å². The topological polar surface area (TPSA) is 77.0 Å². The monoisotopic (exact) mass is 472 g/mol. The predicted octanol–water partition coefficient (Wildman–Crippen LogP) is 2.33. The lowest BCUT2D eigenvalue weighted by Crippen LogP contribution is -2.40. The Morgan fingerprint density at radius 3 is 2.12 bits per heavy atom. The van der Waals surface area contributed by atoms with Crippen LogP contribution in [0.4, 0.5) is 0 Å². The first-order chi connectivity index (χ1) is 12.3. The average Bonchev–Trinajstić information content (AvgIpc) is 2.68. The van der Waals surface area contributed by atoms with E-state index in [1.54, 1.807) is 26.6 Å². The van der Waals surface area contributed by atoms with E-state index in [0.717, 1.165) is 17.2 Å². The Morgan fingerprint density at radius 2 is 1.58 bits per heavy atom. The largest absolute Gasteiger partial charge is 0.497 e. The first kappa shape index (κ1) is 21.8. The molecular formula is C18H25IN4O3. The van der Waals surface area contributed by atoms with E-state index in [2.05, 4.69) is 20.6 Å². The maximum absolute atomic E-state index is 5.65. The zero-order valence-electron chi connectivity index (χ0n) is 15.0. The summed E-state index contributed by atoms with van der Waals surface area (Å²) in [6.07, 6.45) is 3.40. The van der Waals surface area contributed by atoms with Crippen molar-refractivity contribution in [3.63, 3.8) is 0 Å². The molecule has 0 radical (unpaired) electrons. The summed E-state index contributed by atoms with van der Waals surface area (Å²) in [5.41, 5.74) is 0. The van der Waals surface area contributed by atoms with Crippen molar-refractivity contribution in [2.45, 2.75) is 0 Å². The number of halogens is 1. The van der Waals surface area contributed by atoms with Crippen LogP contribution in [0.2, 0.25) is 0 Å². The third kappa shape index (κ3) is 8.24. The van der Waals surface area contributed by atoms with E-state index in [1.165, 1.54) is 0 Å². The zero-order valence-corrected chi connectivity index (χ0v) is 17.3. The van der Waals surface area contributed by atoms with Gasteiger partial charge in [-0.3, -0.25) is 9.98 Å². The summed E-state index contributed by atoms with van der Waals surface area (Å²) in [5.74, 6) is 3.06. The van der Waals surface area contributed by atoms with Crippen LogP contribution < -0.4 is 24.8 Å². The van der Waals surface area contributed by atoms with Gasteiger partial charge in [0.25, 0.3) is 0 Å². The summed E-state index contributed by atoms with van der Waals surface area (Å²) in [4.78, 5) is 8.15. The van der Waals surface area contributed by atoms with Crippen molar-refractivity contribution in [2.24, 2.45) is 4.99 Å². The number of nitrogens with one attached hydrogen (secondary N) is 2. The number of benzene rings is 1. The average molecular weight is 472 g/mol. The fraction of sp³-hybridized carbons (Fsp3) is 0.333. The normalized spacial score (nSPS) is 10.5. The molecule has 1 aromatic heterocycles. The van der Waals surface area contributed by atoms with Gasteiger partial charge in [0.15, 0.2) is 5.96 Å². The lowest BCUT2D eigenvalue weighted by molar-refractivity contribution is 0.316. The molecule has 0 amide bonds. The summed E-state index contributed by atoms with van der Waals surface area (Å²) in [6, 6.07) is 11.2. The predicted molar refractivity (Wildman–Crippen MR) is 113 cm³/mol. The molecule has 2 rings (SSSR count). The van der Waals surface area contributed by atoms with Crippen molar-refractivity contribution in [3.05, 3.63) is 48.8 Å². The highest BCUT2D eigenvalue weighted by Gasteiger charge is 1.99. The van der Waals surface area contributed by atoms with Crippen LogP contribution in [-0.2, 0) is 0 Å². The van der Waals surface area contributed by atoms with Crippen LogP contribution in [0.1, 0.15) is 0 Å². The third-order valence-corrected chi connectivity index (χ3v) is 3.24. The third-order valence-electron chi connectivity index (χ3n) is 3.24. The molecule has 0 aliphatic heterocycles. The van der Waals surface area contributed by atoms with Gasteiger partial charge in [0.1, 0.15) is 30.5 Å². The molecule has 2 aromatic rings. The Labute approximate surface area is 171 Å². The van der Waals surface area contributed by atoms with Crippen LogP contribution in [0.25, 0.3) is 0 Å². The van der Waals surface area contributed by atoms with Gasteiger partial charge < -0.3 is 24.8 Å². The van der Waals surface area contributed by atoms with E-state index in [9.17, 15) is 0 Å². The van der Waals surface area contributed by atoms with E-state index in [1.807, 2.05) is 36.4 Å². The smallest absolute Gasteiger partial charge is 0.191 e. The molecule has 2 N–H and O–H groups in total. The van der Waals surface area contributed by atoms with Crippen molar-refractivity contribution in [3.8, 4) is 17.2 Å². The number of guanidine groups is 1. The van der Waals surface area contributed by atoms with E-state index in [0.29, 0.717) is 32.3 Å². The van der Waals surface area contributed by atoms with Gasteiger partial charge in [-0.1, -0.05) is 0 Å². The Balaban J connectivity index is 0.00000338. The highest BCUT2D eigenvalue weighted by Crippen LogP contribution is 2.16. The molecular weight excluding hydrogens is 447 g/mol. The van der Waals surface area contributed by atoms with Crippen molar-refractivity contribution >= 4 is 29.9 Å². The van der Waals surface area contributed by atoms with Gasteiger partial charge in [0, 0.05) is 13.2 Å². The summed E-state index contributed by atoms with van der Waals surface area (Å²) in [6.45, 7) is 2.32. The molecule has 0 unspecified atom stereocenters. The molecule has 0 saturated heterocycles. The highest BCUT2D eigenvalue weighted by atomic mass is 127. The minimum absolute atomic E-state index is 0. The molecule has 0 saturated carbocycles. The summed E-state index contributed by atoms with van der Waals surface area (Å²) in [7, 11) is 3.36. The van der Waals surface area contributed by atoms with E-state index in [-0.39, 0.29) is 24.0 Å². The number of hydrogen-bond donors (Lipinski definition) is 2. The van der Waals surface area contributed by atoms with Gasteiger partial charge in [0.05, 0.1) is 26.4 Å². The number of aliphatic imine (C=N–C) groups is 1. The quantitative estimate of drug-likeness (QED) is 0.253. The molecule has 0 spiro atoms. The Kier molecular flexibility index (Phi) is 10.9. The fourth-order valence-electron chi connectivity index (χ4n) is 2.00. The zero-order chi connectivity index (χ0) is 17.7. The fourth-order valence-corrected chi connectivity index (χ4v) is 2.00. The first-order valence-electron chi connectivity index (χ1n) is 8.06. The van der Waals surface area contributed by atoms with Gasteiger partial charge >= 0.3 is 0 Å². The number of hydrogen-bond acceptors (Lipinski definition) is 5. The second kappa shape index (κ2) is 13.0. The number of ether oxygens (including phenoxy) is 3. The maximum atomic E-state index is 5.65. The molecule has 0 bridgehead atoms. The van der Waals surface area contributed by atoms with E-state index in [4.69, 9.17) is 14.2 Å². The van der Waals surface area contributed by atoms with E-state index < -0.39 is 0 Å². The summed E-state index contributed by atoms with van der Waals surface area (Å²) >= 11 is 0. The van der Waals surface area contributed by atoms with Gasteiger partial charge in [-0.25, -0.2) is 0 Å². The molecule has 0 aliphatic rings. The lowest BCUT2D eigenvalue weighted by atomic mass is 10.3. The van der Waals surface area contributed by atoms with Crippen molar-refractivity contribution in [1.29, 1.82) is 0 Å². The number of rotatable bonds is 9. The van der Waals surface area contributed by atoms with Crippen molar-refractivity contribution < 1.29 is 14.2 Å². The van der Waals surface area contributed by atoms with Crippen LogP contribution in [0.15, 0.2) is 53.8 Å². The minimum Gasteiger partial charge on any atom is -0.497 e. The Hall–Kier alpha value is -2.23. The molecule has 7 nitrogen and oxygen atoms in total. The van der Waals surface area contributed by atoms with Crippen molar-refractivity contribution in [1.82, 2.24) is 15.6 Å². The number of methoxy groups -OCH3 is 1. The SMILES string of the molecule is CN=C(NCCOc1ccc(OC)cc1)NCCOc1cccnc1.I.